The van der Waals surface area contributed by atoms with Gasteiger partial charge in [-0.1, -0.05) is 29.3 Å². The Labute approximate surface area is 134 Å². The third kappa shape index (κ3) is 5.02. The van der Waals surface area contributed by atoms with Gasteiger partial charge in [-0.25, -0.2) is 0 Å². The largest absolute Gasteiger partial charge is 0.381 e. The molecule has 0 spiro atoms. The molecule has 0 radical (unpaired) electrons. The van der Waals surface area contributed by atoms with Gasteiger partial charge in [0.15, 0.2) is 5.96 Å². The summed E-state index contributed by atoms with van der Waals surface area (Å²) in [6.45, 7) is 7.99. The quantitative estimate of drug-likeness (QED) is 0.670. The van der Waals surface area contributed by atoms with E-state index in [1.807, 2.05) is 7.05 Å². The number of hydrogen-bond acceptors (Lipinski definition) is 2. The SMILES string of the molecule is CN=C(NCCc1cc(C)cc(C)c1)N(C)CC1CCOC1. The summed E-state index contributed by atoms with van der Waals surface area (Å²) in [4.78, 5) is 6.60. The van der Waals surface area contributed by atoms with Crippen LogP contribution in [0.1, 0.15) is 23.1 Å². The maximum Gasteiger partial charge on any atom is 0.193 e. The zero-order valence-corrected chi connectivity index (χ0v) is 14.4. The number of hydrogen-bond donors (Lipinski definition) is 1. The molecule has 1 saturated heterocycles. The Morgan fingerprint density at radius 1 is 1.32 bits per heavy atom. The highest BCUT2D eigenvalue weighted by atomic mass is 16.5. The molecular weight excluding hydrogens is 274 g/mol. The molecule has 1 atom stereocenters. The third-order valence-electron chi connectivity index (χ3n) is 4.11. The van der Waals surface area contributed by atoms with Crippen LogP contribution in [-0.4, -0.2) is 51.3 Å². The van der Waals surface area contributed by atoms with Crippen LogP contribution in [0.5, 0.6) is 0 Å². The number of aryl methyl sites for hydroxylation is 2. The van der Waals surface area contributed by atoms with Crippen LogP contribution in [0, 0.1) is 19.8 Å². The lowest BCUT2D eigenvalue weighted by Gasteiger charge is -2.24. The van der Waals surface area contributed by atoms with Crippen molar-refractivity contribution in [3.8, 4) is 0 Å². The van der Waals surface area contributed by atoms with Crippen LogP contribution in [0.2, 0.25) is 0 Å². The van der Waals surface area contributed by atoms with E-state index >= 15 is 0 Å². The van der Waals surface area contributed by atoms with Gasteiger partial charge in [0.1, 0.15) is 0 Å². The number of guanidine groups is 1. The van der Waals surface area contributed by atoms with Crippen molar-refractivity contribution in [1.29, 1.82) is 0 Å². The van der Waals surface area contributed by atoms with E-state index in [-0.39, 0.29) is 0 Å². The molecule has 1 heterocycles. The summed E-state index contributed by atoms with van der Waals surface area (Å²) in [5, 5.41) is 3.47. The number of rotatable bonds is 5. The third-order valence-corrected chi connectivity index (χ3v) is 4.11. The fourth-order valence-corrected chi connectivity index (χ4v) is 3.12. The van der Waals surface area contributed by atoms with E-state index in [0.29, 0.717) is 5.92 Å². The summed E-state index contributed by atoms with van der Waals surface area (Å²) in [6.07, 6.45) is 2.17. The molecule has 2 rings (SSSR count). The molecule has 0 saturated carbocycles. The van der Waals surface area contributed by atoms with Gasteiger partial charge in [0, 0.05) is 39.7 Å². The fraction of sp³-hybridized carbons (Fsp3) is 0.611. The van der Waals surface area contributed by atoms with Gasteiger partial charge in [-0.15, -0.1) is 0 Å². The van der Waals surface area contributed by atoms with E-state index in [9.17, 15) is 0 Å². The lowest BCUT2D eigenvalue weighted by molar-refractivity contribution is 0.181. The molecule has 1 unspecified atom stereocenters. The topological polar surface area (TPSA) is 36.9 Å². The molecule has 4 nitrogen and oxygen atoms in total. The first-order chi connectivity index (χ1) is 10.6. The molecule has 4 heteroatoms. The summed E-state index contributed by atoms with van der Waals surface area (Å²) in [5.74, 6) is 1.60. The van der Waals surface area contributed by atoms with Gasteiger partial charge < -0.3 is 15.0 Å². The first-order valence-corrected chi connectivity index (χ1v) is 8.15. The van der Waals surface area contributed by atoms with Crippen LogP contribution < -0.4 is 5.32 Å². The molecule has 0 bridgehead atoms. The predicted molar refractivity (Wildman–Crippen MR) is 92.5 cm³/mol. The molecule has 0 aliphatic carbocycles. The van der Waals surface area contributed by atoms with Crippen LogP contribution in [0.4, 0.5) is 0 Å². The first-order valence-electron chi connectivity index (χ1n) is 8.15. The van der Waals surface area contributed by atoms with Gasteiger partial charge >= 0.3 is 0 Å². The number of nitrogens with one attached hydrogen (secondary N) is 1. The Morgan fingerprint density at radius 3 is 2.64 bits per heavy atom. The van der Waals surface area contributed by atoms with Gasteiger partial charge in [0.2, 0.25) is 0 Å². The standard InChI is InChI=1S/C18H29N3O/c1-14-9-15(2)11-16(10-14)5-7-20-18(19-3)21(4)12-17-6-8-22-13-17/h9-11,17H,5-8,12-13H2,1-4H3,(H,19,20). The van der Waals surface area contributed by atoms with Crippen LogP contribution in [0.3, 0.4) is 0 Å². The lowest BCUT2D eigenvalue weighted by atomic mass is 10.1. The number of ether oxygens (including phenoxy) is 1. The molecule has 1 fully saturated rings. The summed E-state index contributed by atoms with van der Waals surface area (Å²) >= 11 is 0. The highest BCUT2D eigenvalue weighted by Crippen LogP contribution is 2.13. The van der Waals surface area contributed by atoms with Crippen LogP contribution in [0.15, 0.2) is 23.2 Å². The second-order valence-electron chi connectivity index (χ2n) is 6.33. The zero-order valence-electron chi connectivity index (χ0n) is 14.4. The van der Waals surface area contributed by atoms with Crippen molar-refractivity contribution in [2.45, 2.75) is 26.7 Å². The minimum absolute atomic E-state index is 0.628. The molecular formula is C18H29N3O. The van der Waals surface area contributed by atoms with Gasteiger partial charge in [0.25, 0.3) is 0 Å². The normalized spacial score (nSPS) is 18.5. The first kappa shape index (κ1) is 16.8. The van der Waals surface area contributed by atoms with Gasteiger partial charge in [-0.05, 0) is 32.3 Å². The summed E-state index contributed by atoms with van der Waals surface area (Å²) < 4.78 is 5.45. The average molecular weight is 303 g/mol. The van der Waals surface area contributed by atoms with Crippen molar-refractivity contribution in [3.05, 3.63) is 34.9 Å². The molecule has 0 aromatic heterocycles. The predicted octanol–water partition coefficient (Wildman–Crippen LogP) is 2.39. The molecule has 0 amide bonds. The monoisotopic (exact) mass is 303 g/mol. The maximum atomic E-state index is 5.45. The maximum absolute atomic E-state index is 5.45. The minimum Gasteiger partial charge on any atom is -0.381 e. The number of nitrogens with zero attached hydrogens (tertiary/aromatic N) is 2. The Bertz CT molecular complexity index is 487. The van der Waals surface area contributed by atoms with Crippen molar-refractivity contribution in [2.75, 3.05) is 40.4 Å². The molecule has 1 aromatic rings. The molecule has 1 N–H and O–H groups in total. The van der Waals surface area contributed by atoms with E-state index in [1.54, 1.807) is 0 Å². The summed E-state index contributed by atoms with van der Waals surface area (Å²) in [7, 11) is 3.95. The van der Waals surface area contributed by atoms with Gasteiger partial charge in [-0.2, -0.15) is 0 Å². The van der Waals surface area contributed by atoms with Crippen molar-refractivity contribution in [3.63, 3.8) is 0 Å². The molecule has 22 heavy (non-hydrogen) atoms. The summed E-state index contributed by atoms with van der Waals surface area (Å²) in [6, 6.07) is 6.74. The number of benzene rings is 1. The Balaban J connectivity index is 1.80. The Kier molecular flexibility index (Phi) is 6.25. The van der Waals surface area contributed by atoms with Crippen molar-refractivity contribution in [1.82, 2.24) is 10.2 Å². The van der Waals surface area contributed by atoms with Gasteiger partial charge in [0.05, 0.1) is 6.61 Å². The van der Waals surface area contributed by atoms with Crippen molar-refractivity contribution < 1.29 is 4.74 Å². The smallest absolute Gasteiger partial charge is 0.193 e. The lowest BCUT2D eigenvalue weighted by Crippen LogP contribution is -2.42. The minimum atomic E-state index is 0.628. The second kappa shape index (κ2) is 8.18. The van der Waals surface area contributed by atoms with E-state index in [4.69, 9.17) is 4.74 Å². The average Bonchev–Trinajstić information content (AvgIpc) is 2.95. The van der Waals surface area contributed by atoms with Crippen molar-refractivity contribution in [2.24, 2.45) is 10.9 Å². The second-order valence-corrected chi connectivity index (χ2v) is 6.33. The summed E-state index contributed by atoms with van der Waals surface area (Å²) in [5.41, 5.74) is 4.04. The van der Waals surface area contributed by atoms with Crippen LogP contribution in [0.25, 0.3) is 0 Å². The van der Waals surface area contributed by atoms with Crippen LogP contribution >= 0.6 is 0 Å². The zero-order chi connectivity index (χ0) is 15.9. The highest BCUT2D eigenvalue weighted by molar-refractivity contribution is 5.79. The van der Waals surface area contributed by atoms with E-state index < -0.39 is 0 Å². The molecule has 1 aliphatic heterocycles. The number of aliphatic imine (C=N–C) groups is 1. The Hall–Kier alpha value is -1.55. The molecule has 1 aromatic carbocycles. The van der Waals surface area contributed by atoms with Crippen LogP contribution in [-0.2, 0) is 11.2 Å². The highest BCUT2D eigenvalue weighted by Gasteiger charge is 2.18. The molecule has 122 valence electrons. The molecule has 1 aliphatic rings. The van der Waals surface area contributed by atoms with E-state index in [2.05, 4.69) is 54.3 Å². The van der Waals surface area contributed by atoms with E-state index in [1.165, 1.54) is 16.7 Å². The van der Waals surface area contributed by atoms with Gasteiger partial charge in [-0.3, -0.25) is 4.99 Å². The fourth-order valence-electron chi connectivity index (χ4n) is 3.12. The Morgan fingerprint density at radius 2 is 2.05 bits per heavy atom. The van der Waals surface area contributed by atoms with Crippen molar-refractivity contribution >= 4 is 5.96 Å². The van der Waals surface area contributed by atoms with E-state index in [0.717, 1.165) is 45.1 Å².